The molecule has 74 valence electrons. The van der Waals surface area contributed by atoms with Gasteiger partial charge >= 0.3 is 0 Å². The van der Waals surface area contributed by atoms with Crippen molar-refractivity contribution in [1.29, 1.82) is 0 Å². The molecule has 13 heavy (non-hydrogen) atoms. The number of phenols is 1. The molecule has 0 aliphatic rings. The van der Waals surface area contributed by atoms with Crippen molar-refractivity contribution >= 4 is 0 Å². The summed E-state index contributed by atoms with van der Waals surface area (Å²) >= 11 is 0. The maximum Gasteiger partial charge on any atom is 0.118 e. The molecule has 0 bridgehead atoms. The minimum Gasteiger partial charge on any atom is -0.508 e. The number of para-hydroxylation sites is 1. The summed E-state index contributed by atoms with van der Waals surface area (Å²) in [5, 5.41) is 9.34. The van der Waals surface area contributed by atoms with Crippen LogP contribution in [-0.2, 0) is 6.42 Å². The van der Waals surface area contributed by atoms with E-state index >= 15 is 0 Å². The summed E-state index contributed by atoms with van der Waals surface area (Å²) in [5.74, 6) is 8.43. The summed E-state index contributed by atoms with van der Waals surface area (Å²) in [7, 11) is 0. The van der Waals surface area contributed by atoms with Gasteiger partial charge in [-0.1, -0.05) is 31.5 Å². The Morgan fingerprint density at radius 2 is 1.85 bits per heavy atom. The van der Waals surface area contributed by atoms with Crippen molar-refractivity contribution in [2.75, 3.05) is 0 Å². The Kier molecular flexibility index (Phi) is 6.96. The minimum atomic E-state index is 0.431. The maximum atomic E-state index is 9.34. The molecule has 5 N–H and O–H groups in total. The first kappa shape index (κ1) is 11.9. The van der Waals surface area contributed by atoms with E-state index in [0.717, 1.165) is 18.4 Å². The van der Waals surface area contributed by atoms with Crippen LogP contribution in [0.1, 0.15) is 25.3 Å². The lowest BCUT2D eigenvalue weighted by Gasteiger charge is -2.01. The van der Waals surface area contributed by atoms with Gasteiger partial charge < -0.3 is 5.11 Å². The lowest BCUT2D eigenvalue weighted by molar-refractivity contribution is 0.467. The molecule has 0 aromatic heterocycles. The third kappa shape index (κ3) is 4.50. The molecular formula is C10H18N2O. The predicted molar refractivity (Wildman–Crippen MR) is 55.1 cm³/mol. The standard InChI is InChI=1S/C10H14O.H4N2/c1-2-3-6-9-7-4-5-8-10(9)11;1-2/h4-5,7-8,11H,2-3,6H2,1H3;1-2H2. The number of unbranched alkanes of at least 4 members (excludes halogenated alkanes) is 1. The van der Waals surface area contributed by atoms with E-state index in [1.165, 1.54) is 6.42 Å². The number of rotatable bonds is 3. The van der Waals surface area contributed by atoms with E-state index in [0.29, 0.717) is 5.75 Å². The van der Waals surface area contributed by atoms with Crippen LogP contribution < -0.4 is 11.7 Å². The third-order valence-electron chi connectivity index (χ3n) is 1.79. The largest absolute Gasteiger partial charge is 0.508 e. The van der Waals surface area contributed by atoms with Crippen molar-refractivity contribution in [3.05, 3.63) is 29.8 Å². The highest BCUT2D eigenvalue weighted by Crippen LogP contribution is 2.17. The van der Waals surface area contributed by atoms with Crippen molar-refractivity contribution in [1.82, 2.24) is 0 Å². The van der Waals surface area contributed by atoms with Crippen molar-refractivity contribution in [3.63, 3.8) is 0 Å². The van der Waals surface area contributed by atoms with Crippen LogP contribution in [0, 0.1) is 0 Å². The second kappa shape index (κ2) is 7.58. The van der Waals surface area contributed by atoms with E-state index in [9.17, 15) is 5.11 Å². The monoisotopic (exact) mass is 182 g/mol. The van der Waals surface area contributed by atoms with Crippen LogP contribution in [0.4, 0.5) is 0 Å². The molecule has 0 amide bonds. The fourth-order valence-electron chi connectivity index (χ4n) is 1.09. The third-order valence-corrected chi connectivity index (χ3v) is 1.79. The molecule has 0 saturated carbocycles. The zero-order valence-electron chi connectivity index (χ0n) is 8.03. The molecular weight excluding hydrogens is 164 g/mol. The van der Waals surface area contributed by atoms with Gasteiger partial charge in [0.05, 0.1) is 0 Å². The number of hydrogen-bond donors (Lipinski definition) is 3. The van der Waals surface area contributed by atoms with Gasteiger partial charge in [-0.3, -0.25) is 11.7 Å². The highest BCUT2D eigenvalue weighted by Gasteiger charge is 1.96. The topological polar surface area (TPSA) is 72.3 Å². The van der Waals surface area contributed by atoms with Crippen LogP contribution in [0.15, 0.2) is 24.3 Å². The molecule has 0 heterocycles. The Bertz CT molecular complexity index is 226. The normalized spacial score (nSPS) is 8.85. The summed E-state index contributed by atoms with van der Waals surface area (Å²) in [5.41, 5.74) is 1.06. The highest BCUT2D eigenvalue weighted by molar-refractivity contribution is 5.31. The Balaban J connectivity index is 0.000000671. The van der Waals surface area contributed by atoms with E-state index in [1.54, 1.807) is 6.07 Å². The Hall–Kier alpha value is -1.06. The molecule has 0 aliphatic carbocycles. The zero-order valence-corrected chi connectivity index (χ0v) is 8.03. The lowest BCUT2D eigenvalue weighted by Crippen LogP contribution is -2.02. The molecule has 0 unspecified atom stereocenters. The van der Waals surface area contributed by atoms with Crippen molar-refractivity contribution in [3.8, 4) is 5.75 Å². The van der Waals surface area contributed by atoms with Crippen molar-refractivity contribution < 1.29 is 5.11 Å². The van der Waals surface area contributed by atoms with E-state index in [-0.39, 0.29) is 0 Å². The number of benzene rings is 1. The summed E-state index contributed by atoms with van der Waals surface area (Å²) in [6.07, 6.45) is 3.31. The second-order valence-corrected chi connectivity index (χ2v) is 2.73. The van der Waals surface area contributed by atoms with Crippen LogP contribution in [0.25, 0.3) is 0 Å². The zero-order chi connectivity index (χ0) is 10.1. The quantitative estimate of drug-likeness (QED) is 0.490. The second-order valence-electron chi connectivity index (χ2n) is 2.73. The van der Waals surface area contributed by atoms with Gasteiger partial charge in [-0.25, -0.2) is 0 Å². The average Bonchev–Trinajstić information content (AvgIpc) is 2.20. The van der Waals surface area contributed by atoms with Crippen LogP contribution >= 0.6 is 0 Å². The van der Waals surface area contributed by atoms with E-state index in [2.05, 4.69) is 18.6 Å². The lowest BCUT2D eigenvalue weighted by atomic mass is 10.1. The van der Waals surface area contributed by atoms with E-state index < -0.39 is 0 Å². The summed E-state index contributed by atoms with van der Waals surface area (Å²) in [4.78, 5) is 0. The predicted octanol–water partition coefficient (Wildman–Crippen LogP) is 1.55. The van der Waals surface area contributed by atoms with Gasteiger partial charge in [0.2, 0.25) is 0 Å². The van der Waals surface area contributed by atoms with Crippen LogP contribution in [0.5, 0.6) is 5.75 Å². The molecule has 1 aromatic rings. The Labute approximate surface area is 79.3 Å². The van der Waals surface area contributed by atoms with Gasteiger partial charge in [-0.2, -0.15) is 0 Å². The minimum absolute atomic E-state index is 0.431. The summed E-state index contributed by atoms with van der Waals surface area (Å²) in [6, 6.07) is 7.53. The molecule has 0 spiro atoms. The van der Waals surface area contributed by atoms with Crippen LogP contribution in [0.2, 0.25) is 0 Å². The number of phenolic OH excluding ortho intramolecular Hbond substituents is 1. The van der Waals surface area contributed by atoms with Crippen molar-refractivity contribution in [2.45, 2.75) is 26.2 Å². The van der Waals surface area contributed by atoms with Gasteiger partial charge in [-0.05, 0) is 24.5 Å². The molecule has 0 atom stereocenters. The van der Waals surface area contributed by atoms with Crippen molar-refractivity contribution in [2.24, 2.45) is 11.7 Å². The van der Waals surface area contributed by atoms with Crippen LogP contribution in [-0.4, -0.2) is 5.11 Å². The molecule has 1 aromatic carbocycles. The number of hydrazine groups is 1. The average molecular weight is 182 g/mol. The number of hydrogen-bond acceptors (Lipinski definition) is 3. The highest BCUT2D eigenvalue weighted by atomic mass is 16.3. The fraction of sp³-hybridized carbons (Fsp3) is 0.400. The summed E-state index contributed by atoms with van der Waals surface area (Å²) < 4.78 is 0. The first-order valence-corrected chi connectivity index (χ1v) is 4.44. The first-order chi connectivity index (χ1) is 6.34. The Morgan fingerprint density at radius 1 is 1.23 bits per heavy atom. The molecule has 0 radical (unpaired) electrons. The van der Waals surface area contributed by atoms with Gasteiger partial charge in [0.25, 0.3) is 0 Å². The maximum absolute atomic E-state index is 9.34. The number of aromatic hydroxyl groups is 1. The molecule has 0 saturated heterocycles. The number of nitrogens with two attached hydrogens (primary N) is 2. The smallest absolute Gasteiger partial charge is 0.118 e. The van der Waals surface area contributed by atoms with Gasteiger partial charge in [-0.15, -0.1) is 0 Å². The molecule has 3 heteroatoms. The van der Waals surface area contributed by atoms with E-state index in [4.69, 9.17) is 0 Å². The molecule has 3 nitrogen and oxygen atoms in total. The van der Waals surface area contributed by atoms with E-state index in [1.807, 2.05) is 18.2 Å². The van der Waals surface area contributed by atoms with Gasteiger partial charge in [0.15, 0.2) is 0 Å². The van der Waals surface area contributed by atoms with Crippen LogP contribution in [0.3, 0.4) is 0 Å². The Morgan fingerprint density at radius 3 is 2.38 bits per heavy atom. The summed E-state index contributed by atoms with van der Waals surface area (Å²) in [6.45, 7) is 2.15. The molecule has 1 rings (SSSR count). The SMILES string of the molecule is CCCCc1ccccc1O.NN. The van der Waals surface area contributed by atoms with Gasteiger partial charge in [0, 0.05) is 0 Å². The molecule has 0 fully saturated rings. The molecule has 0 aliphatic heterocycles. The van der Waals surface area contributed by atoms with Gasteiger partial charge in [0.1, 0.15) is 5.75 Å². The fourth-order valence-corrected chi connectivity index (χ4v) is 1.09. The number of aryl methyl sites for hydroxylation is 1. The first-order valence-electron chi connectivity index (χ1n) is 4.44.